The quantitative estimate of drug-likeness (QED) is 0.818. The molecule has 2 aromatic rings. The summed E-state index contributed by atoms with van der Waals surface area (Å²) in [6.07, 6.45) is 1.13. The average Bonchev–Trinajstić information content (AvgIpc) is 2.69. The summed E-state index contributed by atoms with van der Waals surface area (Å²) in [7, 11) is 1.47. The zero-order chi connectivity index (χ0) is 20.8. The molecule has 10 heteroatoms. The van der Waals surface area contributed by atoms with E-state index in [-0.39, 0.29) is 29.8 Å². The Bertz CT molecular complexity index is 1000. The van der Waals surface area contributed by atoms with Gasteiger partial charge in [0.1, 0.15) is 22.9 Å². The average molecular weight is 406 g/mol. The Morgan fingerprint density at radius 1 is 1.31 bits per heavy atom. The van der Waals surface area contributed by atoms with E-state index in [1.807, 2.05) is 0 Å². The number of aromatic nitrogens is 1. The highest BCUT2D eigenvalue weighted by Crippen LogP contribution is 2.42. The predicted molar refractivity (Wildman–Crippen MR) is 94.9 cm³/mol. The largest absolute Gasteiger partial charge is 0.436 e. The summed E-state index contributed by atoms with van der Waals surface area (Å²) in [5.41, 5.74) is -1.26. The first-order valence-electron chi connectivity index (χ1n) is 8.83. The van der Waals surface area contributed by atoms with Gasteiger partial charge in [0.2, 0.25) is 5.91 Å². The number of halogens is 3. The van der Waals surface area contributed by atoms with Gasteiger partial charge in [-0.05, 0) is 24.6 Å². The van der Waals surface area contributed by atoms with Crippen molar-refractivity contribution in [2.24, 2.45) is 5.92 Å². The van der Waals surface area contributed by atoms with Gasteiger partial charge in [-0.15, -0.1) is 0 Å². The molecule has 0 radical (unpaired) electrons. The first-order valence-corrected chi connectivity index (χ1v) is 8.83. The molecule has 2 N–H and O–H groups in total. The molecular formula is C19H17F3N4O3. The summed E-state index contributed by atoms with van der Waals surface area (Å²) in [5.74, 6) is -4.12. The molecule has 2 fully saturated rings. The van der Waals surface area contributed by atoms with Gasteiger partial charge in [0.25, 0.3) is 5.88 Å². The van der Waals surface area contributed by atoms with Crippen LogP contribution in [0.5, 0.6) is 11.6 Å². The maximum Gasteiger partial charge on any atom is 0.256 e. The van der Waals surface area contributed by atoms with Crippen LogP contribution in [0.2, 0.25) is 0 Å². The third-order valence-electron chi connectivity index (χ3n) is 5.19. The van der Waals surface area contributed by atoms with Gasteiger partial charge in [0.15, 0.2) is 11.8 Å². The standard InChI is InChI=1S/C19H17F3N4O3/c1-26-17(27)12-4-5-28-9-19(12,25-18(26)23)13-7-11(2-3-14(13)21)29-16-15(22)6-10(20)8-24-16/h2-3,6-8,12H,4-5,9H2,1H3,(H2,23,25)/t12-,19?/m0/s1. The number of pyridine rings is 1. The van der Waals surface area contributed by atoms with Gasteiger partial charge in [0, 0.05) is 25.3 Å². The second-order valence-corrected chi connectivity index (χ2v) is 6.92. The number of nitrogens with zero attached hydrogens (tertiary/aromatic N) is 2. The highest BCUT2D eigenvalue weighted by Gasteiger charge is 2.53. The number of carbonyl (C=O) groups is 1. The summed E-state index contributed by atoms with van der Waals surface area (Å²) < 4.78 is 52.7. The van der Waals surface area contributed by atoms with Crippen molar-refractivity contribution in [2.75, 3.05) is 20.3 Å². The van der Waals surface area contributed by atoms with E-state index in [0.717, 1.165) is 12.3 Å². The number of benzene rings is 1. The molecule has 0 saturated carbocycles. The van der Waals surface area contributed by atoms with E-state index in [1.54, 1.807) is 0 Å². The smallest absolute Gasteiger partial charge is 0.256 e. The van der Waals surface area contributed by atoms with Gasteiger partial charge in [0.05, 0.1) is 18.7 Å². The third-order valence-corrected chi connectivity index (χ3v) is 5.19. The minimum Gasteiger partial charge on any atom is -0.436 e. The number of carbonyl (C=O) groups excluding carboxylic acids is 1. The second-order valence-electron chi connectivity index (χ2n) is 6.92. The highest BCUT2D eigenvalue weighted by molar-refractivity contribution is 6.00. The van der Waals surface area contributed by atoms with Crippen molar-refractivity contribution in [1.29, 1.82) is 5.41 Å². The van der Waals surface area contributed by atoms with Crippen LogP contribution in [0.1, 0.15) is 12.0 Å². The first-order chi connectivity index (χ1) is 13.8. The van der Waals surface area contributed by atoms with Crippen LogP contribution in [0.4, 0.5) is 13.2 Å². The number of nitrogens with one attached hydrogen (secondary N) is 2. The Morgan fingerprint density at radius 3 is 2.86 bits per heavy atom. The van der Waals surface area contributed by atoms with Gasteiger partial charge < -0.3 is 14.8 Å². The lowest BCUT2D eigenvalue weighted by Gasteiger charge is -2.49. The van der Waals surface area contributed by atoms with Crippen molar-refractivity contribution >= 4 is 11.9 Å². The van der Waals surface area contributed by atoms with Crippen LogP contribution in [0.25, 0.3) is 0 Å². The number of ether oxygens (including phenoxy) is 2. The Labute approximate surface area is 163 Å². The number of rotatable bonds is 3. The van der Waals surface area contributed by atoms with Crippen LogP contribution >= 0.6 is 0 Å². The van der Waals surface area contributed by atoms with Gasteiger partial charge in [-0.25, -0.2) is 18.2 Å². The highest BCUT2D eigenvalue weighted by atomic mass is 19.1. The molecule has 1 unspecified atom stereocenters. The minimum absolute atomic E-state index is 0.0385. The molecule has 2 saturated heterocycles. The molecule has 29 heavy (non-hydrogen) atoms. The van der Waals surface area contributed by atoms with Crippen molar-refractivity contribution in [2.45, 2.75) is 12.0 Å². The summed E-state index contributed by atoms with van der Waals surface area (Å²) in [6.45, 7) is 0.284. The van der Waals surface area contributed by atoms with Crippen LogP contribution in [-0.2, 0) is 15.1 Å². The maximum absolute atomic E-state index is 14.9. The molecule has 1 aromatic heterocycles. The Balaban J connectivity index is 1.76. The van der Waals surface area contributed by atoms with Crippen molar-refractivity contribution in [3.63, 3.8) is 0 Å². The molecule has 152 valence electrons. The zero-order valence-electron chi connectivity index (χ0n) is 15.3. The van der Waals surface area contributed by atoms with E-state index < -0.39 is 34.8 Å². The number of amides is 1. The normalized spacial score (nSPS) is 24.1. The minimum atomic E-state index is -1.31. The van der Waals surface area contributed by atoms with E-state index in [9.17, 15) is 18.0 Å². The summed E-state index contributed by atoms with van der Waals surface area (Å²) >= 11 is 0. The number of hydrogen-bond donors (Lipinski definition) is 2. The lowest BCUT2D eigenvalue weighted by molar-refractivity contribution is -0.143. The van der Waals surface area contributed by atoms with Crippen molar-refractivity contribution in [3.8, 4) is 11.6 Å². The van der Waals surface area contributed by atoms with E-state index >= 15 is 0 Å². The molecular weight excluding hydrogens is 389 g/mol. The number of hydrogen-bond acceptors (Lipinski definition) is 5. The van der Waals surface area contributed by atoms with Gasteiger partial charge in [-0.1, -0.05) is 0 Å². The molecule has 1 aromatic carbocycles. The van der Waals surface area contributed by atoms with E-state index in [0.29, 0.717) is 19.1 Å². The van der Waals surface area contributed by atoms with Gasteiger partial charge >= 0.3 is 0 Å². The summed E-state index contributed by atoms with van der Waals surface area (Å²) in [6, 6.07) is 4.30. The fourth-order valence-corrected chi connectivity index (χ4v) is 3.71. The molecule has 3 heterocycles. The fraction of sp³-hybridized carbons (Fsp3) is 0.316. The van der Waals surface area contributed by atoms with E-state index in [1.165, 1.54) is 24.1 Å². The zero-order valence-corrected chi connectivity index (χ0v) is 15.3. The third kappa shape index (κ3) is 3.19. The van der Waals surface area contributed by atoms with Gasteiger partial charge in [-0.3, -0.25) is 15.1 Å². The molecule has 2 aliphatic rings. The lowest BCUT2D eigenvalue weighted by Crippen LogP contribution is -2.68. The molecule has 0 bridgehead atoms. The molecule has 4 rings (SSSR count). The Morgan fingerprint density at radius 2 is 2.10 bits per heavy atom. The fourth-order valence-electron chi connectivity index (χ4n) is 3.71. The number of guanidine groups is 1. The Kier molecular flexibility index (Phi) is 4.65. The molecule has 1 amide bonds. The molecule has 0 spiro atoms. The van der Waals surface area contributed by atoms with Crippen LogP contribution in [-0.4, -0.2) is 42.0 Å². The lowest BCUT2D eigenvalue weighted by atomic mass is 9.73. The van der Waals surface area contributed by atoms with Crippen molar-refractivity contribution in [3.05, 3.63) is 53.5 Å². The number of fused-ring (bicyclic) bond motifs is 1. The topological polar surface area (TPSA) is 87.5 Å². The van der Waals surface area contributed by atoms with Crippen LogP contribution < -0.4 is 10.1 Å². The summed E-state index contributed by atoms with van der Waals surface area (Å²) in [4.78, 5) is 17.5. The SMILES string of the molecule is CN1C(=N)NC2(c3cc(Oc4ncc(F)cc4F)ccc3F)COCC[C@H]2C1=O. The Hall–Kier alpha value is -3.14. The molecule has 2 atom stereocenters. The van der Waals surface area contributed by atoms with Crippen molar-refractivity contribution in [1.82, 2.24) is 15.2 Å². The van der Waals surface area contributed by atoms with Crippen LogP contribution in [0.3, 0.4) is 0 Å². The monoisotopic (exact) mass is 406 g/mol. The molecule has 7 nitrogen and oxygen atoms in total. The van der Waals surface area contributed by atoms with E-state index in [2.05, 4.69) is 10.3 Å². The van der Waals surface area contributed by atoms with Crippen LogP contribution in [0, 0.1) is 28.8 Å². The molecule has 0 aliphatic carbocycles. The van der Waals surface area contributed by atoms with E-state index in [4.69, 9.17) is 14.9 Å². The maximum atomic E-state index is 14.9. The first kappa shape index (κ1) is 19.2. The second kappa shape index (κ2) is 7.03. The van der Waals surface area contributed by atoms with Gasteiger partial charge in [-0.2, -0.15) is 0 Å². The summed E-state index contributed by atoms with van der Waals surface area (Å²) in [5, 5.41) is 11.0. The van der Waals surface area contributed by atoms with Crippen molar-refractivity contribution < 1.29 is 27.4 Å². The molecule has 2 aliphatic heterocycles. The predicted octanol–water partition coefficient (Wildman–Crippen LogP) is 2.52. The van der Waals surface area contributed by atoms with Crippen LogP contribution in [0.15, 0.2) is 30.5 Å².